The Morgan fingerprint density at radius 1 is 1.40 bits per heavy atom. The van der Waals surface area contributed by atoms with Crippen LogP contribution in [0.4, 0.5) is 10.1 Å². The van der Waals surface area contributed by atoms with Gasteiger partial charge in [-0.15, -0.1) is 0 Å². The highest BCUT2D eigenvalue weighted by molar-refractivity contribution is 5.90. The lowest BCUT2D eigenvalue weighted by Crippen LogP contribution is -2.03. The van der Waals surface area contributed by atoms with Gasteiger partial charge < -0.3 is 9.84 Å². The molecule has 0 bridgehead atoms. The van der Waals surface area contributed by atoms with Crippen molar-refractivity contribution in [2.75, 3.05) is 0 Å². The highest BCUT2D eigenvalue weighted by Crippen LogP contribution is 2.31. The lowest BCUT2D eigenvalue weighted by molar-refractivity contribution is -0.385. The minimum absolute atomic E-state index is 0.181. The number of benzene rings is 1. The van der Waals surface area contributed by atoms with Crippen molar-refractivity contribution in [1.29, 1.82) is 0 Å². The van der Waals surface area contributed by atoms with E-state index in [1.165, 1.54) is 24.3 Å². The second kappa shape index (κ2) is 5.31. The Hall–Kier alpha value is -3.03. The number of hydrogen-bond donors (Lipinski definition) is 1. The van der Waals surface area contributed by atoms with E-state index in [1.807, 2.05) is 0 Å². The molecule has 0 spiro atoms. The number of carboxylic acid groups (broad SMARTS) is 1. The number of ether oxygens (including phenoxy) is 1. The summed E-state index contributed by atoms with van der Waals surface area (Å²) in [5.41, 5.74) is -0.877. The van der Waals surface area contributed by atoms with Crippen molar-refractivity contribution in [1.82, 2.24) is 4.98 Å². The van der Waals surface area contributed by atoms with Gasteiger partial charge in [0.1, 0.15) is 11.4 Å². The van der Waals surface area contributed by atoms with Gasteiger partial charge in [0, 0.05) is 6.07 Å². The van der Waals surface area contributed by atoms with Crippen molar-refractivity contribution in [2.45, 2.75) is 0 Å². The minimum atomic E-state index is -1.45. The fraction of sp³-hybridized carbons (Fsp3) is 0. The molecule has 2 aromatic rings. The van der Waals surface area contributed by atoms with E-state index in [1.54, 1.807) is 0 Å². The van der Waals surface area contributed by atoms with E-state index in [2.05, 4.69) is 4.98 Å². The molecular weight excluding hydrogens is 271 g/mol. The molecule has 0 saturated heterocycles. The molecule has 0 radical (unpaired) electrons. The van der Waals surface area contributed by atoms with Gasteiger partial charge in [0.15, 0.2) is 0 Å². The number of nitro benzene ring substituents is 1. The number of para-hydroxylation sites is 2. The summed E-state index contributed by atoms with van der Waals surface area (Å²) in [6.45, 7) is 0. The zero-order chi connectivity index (χ0) is 14.7. The van der Waals surface area contributed by atoms with Crippen LogP contribution < -0.4 is 4.74 Å². The summed E-state index contributed by atoms with van der Waals surface area (Å²) in [5, 5.41) is 19.7. The average Bonchev–Trinajstić information content (AvgIpc) is 2.41. The molecule has 8 heteroatoms. The van der Waals surface area contributed by atoms with Crippen LogP contribution in [0, 0.1) is 15.9 Å². The van der Waals surface area contributed by atoms with Crippen LogP contribution >= 0.6 is 0 Å². The molecule has 1 heterocycles. The molecule has 2 rings (SSSR count). The second-order valence-corrected chi connectivity index (χ2v) is 3.64. The molecule has 1 aromatic carbocycles. The number of aromatic carboxylic acids is 1. The molecule has 20 heavy (non-hydrogen) atoms. The van der Waals surface area contributed by atoms with Crippen LogP contribution in [0.15, 0.2) is 36.5 Å². The predicted octanol–water partition coefficient (Wildman–Crippen LogP) is 2.62. The quantitative estimate of drug-likeness (QED) is 0.681. The number of nitro groups is 1. The average molecular weight is 278 g/mol. The van der Waals surface area contributed by atoms with Gasteiger partial charge in [0.2, 0.25) is 11.6 Å². The summed E-state index contributed by atoms with van der Waals surface area (Å²) in [4.78, 5) is 24.6. The van der Waals surface area contributed by atoms with Gasteiger partial charge in [0.25, 0.3) is 0 Å². The summed E-state index contributed by atoms with van der Waals surface area (Å²) in [6, 6.07) is 6.11. The predicted molar refractivity (Wildman–Crippen MR) is 64.3 cm³/mol. The number of halogens is 1. The lowest BCUT2D eigenvalue weighted by Gasteiger charge is -2.07. The van der Waals surface area contributed by atoms with Crippen molar-refractivity contribution >= 4 is 11.7 Å². The number of carboxylic acids is 1. The van der Waals surface area contributed by atoms with Gasteiger partial charge in [-0.1, -0.05) is 12.1 Å². The van der Waals surface area contributed by atoms with Crippen molar-refractivity contribution in [3.8, 4) is 11.6 Å². The number of nitrogens with zero attached hydrogens (tertiary/aromatic N) is 2. The topological polar surface area (TPSA) is 103 Å². The Balaban J connectivity index is 2.45. The van der Waals surface area contributed by atoms with Crippen molar-refractivity contribution in [3.63, 3.8) is 0 Å². The maximum absolute atomic E-state index is 13.0. The smallest absolute Gasteiger partial charge is 0.341 e. The first-order valence-electron chi connectivity index (χ1n) is 5.29. The SMILES string of the molecule is O=C(O)c1cc(F)cnc1Oc1ccccc1[N+](=O)[O-]. The van der Waals surface area contributed by atoms with Gasteiger partial charge in [-0.25, -0.2) is 14.2 Å². The number of rotatable bonds is 4. The second-order valence-electron chi connectivity index (χ2n) is 3.64. The van der Waals surface area contributed by atoms with Crippen LogP contribution in [0.3, 0.4) is 0 Å². The van der Waals surface area contributed by atoms with E-state index in [9.17, 15) is 19.3 Å². The fourth-order valence-corrected chi connectivity index (χ4v) is 1.46. The molecule has 0 saturated carbocycles. The number of pyridine rings is 1. The molecule has 1 aromatic heterocycles. The molecule has 0 aliphatic rings. The Morgan fingerprint density at radius 2 is 2.10 bits per heavy atom. The van der Waals surface area contributed by atoms with Gasteiger partial charge >= 0.3 is 11.7 Å². The van der Waals surface area contributed by atoms with E-state index in [0.29, 0.717) is 0 Å². The molecular formula is C12H7FN2O5. The molecule has 102 valence electrons. The third-order valence-electron chi connectivity index (χ3n) is 2.32. The largest absolute Gasteiger partial charge is 0.477 e. The zero-order valence-electron chi connectivity index (χ0n) is 9.82. The van der Waals surface area contributed by atoms with E-state index >= 15 is 0 Å². The van der Waals surface area contributed by atoms with E-state index < -0.39 is 28.2 Å². The zero-order valence-corrected chi connectivity index (χ0v) is 9.82. The normalized spacial score (nSPS) is 10.1. The summed E-state index contributed by atoms with van der Waals surface area (Å²) in [6.07, 6.45) is 0.760. The van der Waals surface area contributed by atoms with Gasteiger partial charge in [0.05, 0.1) is 11.1 Å². The van der Waals surface area contributed by atoms with Crippen molar-refractivity contribution < 1.29 is 24.0 Å². The summed E-state index contributed by atoms with van der Waals surface area (Å²) >= 11 is 0. The summed E-state index contributed by atoms with van der Waals surface area (Å²) in [5.74, 6) is -2.91. The number of hydrogen-bond acceptors (Lipinski definition) is 5. The van der Waals surface area contributed by atoms with Gasteiger partial charge in [-0.2, -0.15) is 0 Å². The van der Waals surface area contributed by atoms with Crippen LogP contribution in [0.25, 0.3) is 0 Å². The maximum atomic E-state index is 13.0. The Morgan fingerprint density at radius 3 is 2.75 bits per heavy atom. The molecule has 1 N–H and O–H groups in total. The first-order valence-corrected chi connectivity index (χ1v) is 5.29. The van der Waals surface area contributed by atoms with Crippen LogP contribution in [0.1, 0.15) is 10.4 Å². The molecule has 0 fully saturated rings. The highest BCUT2D eigenvalue weighted by atomic mass is 19.1. The summed E-state index contributed by atoms with van der Waals surface area (Å²) in [7, 11) is 0. The molecule has 0 atom stereocenters. The van der Waals surface area contributed by atoms with Gasteiger partial charge in [-0.05, 0) is 12.1 Å². The molecule has 0 aliphatic heterocycles. The van der Waals surface area contributed by atoms with Gasteiger partial charge in [-0.3, -0.25) is 10.1 Å². The first-order chi connectivity index (χ1) is 9.49. The minimum Gasteiger partial charge on any atom is -0.477 e. The molecule has 7 nitrogen and oxygen atoms in total. The molecule has 0 amide bonds. The molecule has 0 unspecified atom stereocenters. The third-order valence-corrected chi connectivity index (χ3v) is 2.32. The van der Waals surface area contributed by atoms with Crippen LogP contribution in [0.2, 0.25) is 0 Å². The van der Waals surface area contributed by atoms with Crippen LogP contribution in [0.5, 0.6) is 11.6 Å². The van der Waals surface area contributed by atoms with E-state index in [4.69, 9.17) is 9.84 Å². The van der Waals surface area contributed by atoms with Crippen LogP contribution in [-0.2, 0) is 0 Å². The standard InChI is InChI=1S/C12H7FN2O5/c13-7-5-8(12(16)17)11(14-6-7)20-10-4-2-1-3-9(10)15(18)19/h1-6H,(H,16,17). The Labute approximate surface area is 111 Å². The van der Waals surface area contributed by atoms with E-state index in [-0.39, 0.29) is 11.4 Å². The van der Waals surface area contributed by atoms with Crippen molar-refractivity contribution in [3.05, 3.63) is 58.0 Å². The van der Waals surface area contributed by atoms with Crippen molar-refractivity contribution in [2.24, 2.45) is 0 Å². The number of carbonyl (C=O) groups is 1. The lowest BCUT2D eigenvalue weighted by atomic mass is 10.2. The number of aromatic nitrogens is 1. The highest BCUT2D eigenvalue weighted by Gasteiger charge is 2.19. The van der Waals surface area contributed by atoms with Crippen LogP contribution in [-0.4, -0.2) is 21.0 Å². The summed E-state index contributed by atoms with van der Waals surface area (Å²) < 4.78 is 18.1. The first kappa shape index (κ1) is 13.4. The Kier molecular flexibility index (Phi) is 3.56. The Bertz CT molecular complexity index is 689. The molecule has 0 aliphatic carbocycles. The monoisotopic (exact) mass is 278 g/mol. The fourth-order valence-electron chi connectivity index (χ4n) is 1.46. The van der Waals surface area contributed by atoms with E-state index in [0.717, 1.165) is 12.3 Å². The maximum Gasteiger partial charge on any atom is 0.341 e. The third kappa shape index (κ3) is 2.69.